The first-order valence-electron chi connectivity index (χ1n) is 4.69. The van der Waals surface area contributed by atoms with Crippen LogP contribution >= 0.6 is 0 Å². The van der Waals surface area contributed by atoms with Gasteiger partial charge in [0, 0.05) is 16.5 Å². The van der Waals surface area contributed by atoms with Crippen LogP contribution in [0.5, 0.6) is 0 Å². The van der Waals surface area contributed by atoms with E-state index in [0.29, 0.717) is 10.9 Å². The van der Waals surface area contributed by atoms with Gasteiger partial charge in [-0.05, 0) is 13.0 Å². The molecule has 0 radical (unpaired) electrons. The molecule has 1 saturated heterocycles. The molecule has 0 unspecified atom stereocenters. The Balaban J connectivity index is 2.18. The van der Waals surface area contributed by atoms with E-state index < -0.39 is 0 Å². The molecule has 0 saturated carbocycles. The molecule has 0 aliphatic carbocycles. The third kappa shape index (κ3) is 2.06. The van der Waals surface area contributed by atoms with Gasteiger partial charge in [-0.1, -0.05) is 18.2 Å². The van der Waals surface area contributed by atoms with Crippen molar-refractivity contribution in [2.24, 2.45) is 0 Å². The Hall–Kier alpha value is -0.470. The fraction of sp³-hybridized carbons (Fsp3) is 0.455. The molecule has 0 spiro atoms. The fourth-order valence-electron chi connectivity index (χ4n) is 1.62. The molecule has 1 aliphatic heterocycles. The molecule has 0 atom stereocenters. The summed E-state index contributed by atoms with van der Waals surface area (Å²) in [5.74, 6) is 2.43. The average Bonchev–Trinajstić information content (AvgIpc) is 2.20. The van der Waals surface area contributed by atoms with Crippen LogP contribution in [0.15, 0.2) is 29.2 Å². The van der Waals surface area contributed by atoms with Crippen LogP contribution in [0.4, 0.5) is 0 Å². The van der Waals surface area contributed by atoms with Gasteiger partial charge in [0.05, 0.1) is 13.2 Å². The zero-order chi connectivity index (χ0) is 9.10. The number of aryl methyl sites for hydroxylation is 1. The first-order valence-corrected chi connectivity index (χ1v) is 6.25. The Kier molecular flexibility index (Phi) is 2.91. The van der Waals surface area contributed by atoms with Gasteiger partial charge in [-0.2, -0.15) is 0 Å². The van der Waals surface area contributed by atoms with Crippen LogP contribution in [0.2, 0.25) is 0 Å². The Morgan fingerprint density at radius 1 is 1.15 bits per heavy atom. The molecule has 1 aromatic carbocycles. The highest BCUT2D eigenvalue weighted by atomic mass is 32.2. The van der Waals surface area contributed by atoms with Gasteiger partial charge >= 0.3 is 0 Å². The molecular formula is C11H15OS+. The molecule has 0 N–H and O–H groups in total. The fourth-order valence-corrected chi connectivity index (χ4v) is 3.70. The monoisotopic (exact) mass is 195 g/mol. The van der Waals surface area contributed by atoms with E-state index in [1.165, 1.54) is 17.1 Å². The molecule has 1 aromatic rings. The third-order valence-corrected chi connectivity index (χ3v) is 4.75. The van der Waals surface area contributed by atoms with Gasteiger partial charge in [-0.25, -0.2) is 0 Å². The second-order valence-corrected chi connectivity index (χ2v) is 5.52. The zero-order valence-electron chi connectivity index (χ0n) is 7.95. The molecule has 13 heavy (non-hydrogen) atoms. The summed E-state index contributed by atoms with van der Waals surface area (Å²) in [6, 6.07) is 8.73. The maximum absolute atomic E-state index is 5.37. The summed E-state index contributed by atoms with van der Waals surface area (Å²) < 4.78 is 5.37. The predicted molar refractivity (Wildman–Crippen MR) is 57.4 cm³/mol. The van der Waals surface area contributed by atoms with E-state index in [1.54, 1.807) is 4.90 Å². The second-order valence-electron chi connectivity index (χ2n) is 3.28. The first-order chi connectivity index (χ1) is 6.38. The summed E-state index contributed by atoms with van der Waals surface area (Å²) in [5.41, 5.74) is 1.44. The van der Waals surface area contributed by atoms with Crippen LogP contribution < -0.4 is 0 Å². The van der Waals surface area contributed by atoms with Crippen molar-refractivity contribution in [1.29, 1.82) is 0 Å². The number of ether oxygens (including phenoxy) is 1. The van der Waals surface area contributed by atoms with Gasteiger partial charge in [0.2, 0.25) is 0 Å². The average molecular weight is 195 g/mol. The van der Waals surface area contributed by atoms with Crippen molar-refractivity contribution < 1.29 is 4.74 Å². The molecule has 70 valence electrons. The molecule has 1 fully saturated rings. The smallest absolute Gasteiger partial charge is 0.157 e. The minimum absolute atomic E-state index is 0.455. The van der Waals surface area contributed by atoms with Gasteiger partial charge in [-0.3, -0.25) is 0 Å². The lowest BCUT2D eigenvalue weighted by Gasteiger charge is -2.15. The lowest BCUT2D eigenvalue weighted by atomic mass is 10.2. The van der Waals surface area contributed by atoms with Crippen LogP contribution in [-0.4, -0.2) is 24.7 Å². The molecule has 1 aliphatic rings. The molecule has 0 aromatic heterocycles. The Morgan fingerprint density at radius 3 is 2.54 bits per heavy atom. The molecule has 2 heteroatoms. The van der Waals surface area contributed by atoms with Crippen molar-refractivity contribution in [3.05, 3.63) is 29.8 Å². The summed E-state index contributed by atoms with van der Waals surface area (Å²) >= 11 is 0. The van der Waals surface area contributed by atoms with E-state index in [2.05, 4.69) is 31.2 Å². The number of hydrogen-bond acceptors (Lipinski definition) is 1. The standard InChI is InChI=1S/C11H15OS/c1-10-4-2-3-5-11(10)13-8-6-12-7-9-13/h2-5H,6-9H2,1H3/q+1. The maximum Gasteiger partial charge on any atom is 0.157 e. The van der Waals surface area contributed by atoms with Crippen molar-refractivity contribution in [3.63, 3.8) is 0 Å². The van der Waals surface area contributed by atoms with Crippen molar-refractivity contribution >= 4 is 10.9 Å². The molecule has 1 heterocycles. The molecule has 2 rings (SSSR count). The minimum atomic E-state index is 0.455. The molecule has 0 bridgehead atoms. The summed E-state index contributed by atoms with van der Waals surface area (Å²) in [6.45, 7) is 4.09. The van der Waals surface area contributed by atoms with Crippen molar-refractivity contribution in [3.8, 4) is 0 Å². The van der Waals surface area contributed by atoms with E-state index in [1.807, 2.05) is 0 Å². The van der Waals surface area contributed by atoms with Crippen LogP contribution in [0.1, 0.15) is 5.56 Å². The molecular weight excluding hydrogens is 180 g/mol. The first kappa shape index (κ1) is 9.10. The topological polar surface area (TPSA) is 9.23 Å². The summed E-state index contributed by atoms with van der Waals surface area (Å²) in [5, 5.41) is 0. The van der Waals surface area contributed by atoms with Gasteiger partial charge in [-0.15, -0.1) is 0 Å². The quantitative estimate of drug-likeness (QED) is 0.623. The van der Waals surface area contributed by atoms with Crippen LogP contribution in [0.3, 0.4) is 0 Å². The Labute approximate surface area is 82.5 Å². The van der Waals surface area contributed by atoms with Gasteiger partial charge in [0.1, 0.15) is 11.5 Å². The van der Waals surface area contributed by atoms with Crippen molar-refractivity contribution in [2.45, 2.75) is 11.8 Å². The highest BCUT2D eigenvalue weighted by molar-refractivity contribution is 7.97. The van der Waals surface area contributed by atoms with Crippen molar-refractivity contribution in [1.82, 2.24) is 0 Å². The van der Waals surface area contributed by atoms with E-state index >= 15 is 0 Å². The van der Waals surface area contributed by atoms with E-state index in [4.69, 9.17) is 4.74 Å². The third-order valence-electron chi connectivity index (χ3n) is 2.35. The van der Waals surface area contributed by atoms with E-state index in [-0.39, 0.29) is 0 Å². The van der Waals surface area contributed by atoms with Gasteiger partial charge in [0.15, 0.2) is 4.90 Å². The SMILES string of the molecule is Cc1ccccc1[S+]1CCOCC1. The number of hydrogen-bond donors (Lipinski definition) is 0. The zero-order valence-corrected chi connectivity index (χ0v) is 8.77. The predicted octanol–water partition coefficient (Wildman–Crippen LogP) is 2.00. The second kappa shape index (κ2) is 4.16. The highest BCUT2D eigenvalue weighted by Crippen LogP contribution is 2.20. The lowest BCUT2D eigenvalue weighted by Crippen LogP contribution is -2.26. The number of benzene rings is 1. The Morgan fingerprint density at radius 2 is 1.85 bits per heavy atom. The Bertz CT molecular complexity index is 279. The van der Waals surface area contributed by atoms with Gasteiger partial charge in [0.25, 0.3) is 0 Å². The summed E-state index contributed by atoms with van der Waals surface area (Å²) in [4.78, 5) is 1.55. The normalized spacial score (nSPS) is 18.8. The largest absolute Gasteiger partial charge is 0.372 e. The van der Waals surface area contributed by atoms with Gasteiger partial charge < -0.3 is 4.74 Å². The summed E-state index contributed by atoms with van der Waals surface area (Å²) in [7, 11) is 0.455. The maximum atomic E-state index is 5.37. The van der Waals surface area contributed by atoms with Crippen molar-refractivity contribution in [2.75, 3.05) is 24.7 Å². The van der Waals surface area contributed by atoms with Crippen LogP contribution in [0, 0.1) is 6.92 Å². The van der Waals surface area contributed by atoms with Crippen LogP contribution in [0.25, 0.3) is 0 Å². The van der Waals surface area contributed by atoms with E-state index in [0.717, 1.165) is 13.2 Å². The molecule has 1 nitrogen and oxygen atoms in total. The molecule has 0 amide bonds. The summed E-state index contributed by atoms with van der Waals surface area (Å²) in [6.07, 6.45) is 0. The number of rotatable bonds is 1. The minimum Gasteiger partial charge on any atom is -0.372 e. The van der Waals surface area contributed by atoms with E-state index in [9.17, 15) is 0 Å². The highest BCUT2D eigenvalue weighted by Gasteiger charge is 2.26. The van der Waals surface area contributed by atoms with Crippen LogP contribution in [-0.2, 0) is 15.6 Å². The lowest BCUT2D eigenvalue weighted by molar-refractivity contribution is 0.159.